The van der Waals surface area contributed by atoms with Crippen LogP contribution in [0.4, 0.5) is 36.4 Å². The van der Waals surface area contributed by atoms with E-state index in [9.17, 15) is 45.4 Å². The van der Waals surface area contributed by atoms with Crippen molar-refractivity contribution in [2.45, 2.75) is 24.9 Å². The van der Waals surface area contributed by atoms with Gasteiger partial charge >= 0.3 is 24.0 Å². The van der Waals surface area contributed by atoms with Crippen LogP contribution in [0.3, 0.4) is 0 Å². The van der Waals surface area contributed by atoms with Crippen LogP contribution in [0, 0.1) is 6.92 Å². The maximum absolute atomic E-state index is 14.3. The lowest BCUT2D eigenvalue weighted by molar-refractivity contribution is -0.348. The number of benzene rings is 2. The highest BCUT2D eigenvalue weighted by Gasteiger charge is 2.73. The zero-order valence-electron chi connectivity index (χ0n) is 17.3. The Bertz CT molecular complexity index is 1270. The van der Waals surface area contributed by atoms with Gasteiger partial charge in [0.25, 0.3) is 5.91 Å². The van der Waals surface area contributed by atoms with Crippen LogP contribution in [0.15, 0.2) is 53.1 Å². The highest BCUT2D eigenvalue weighted by atomic mass is 79.9. The van der Waals surface area contributed by atoms with E-state index in [0.717, 1.165) is 11.6 Å². The summed E-state index contributed by atoms with van der Waals surface area (Å²) in [5.41, 5.74) is -8.74. The van der Waals surface area contributed by atoms with E-state index in [0.29, 0.717) is 17.8 Å². The number of carboxylic acid groups (broad SMARTS) is 1. The molecule has 0 fully saturated rings. The summed E-state index contributed by atoms with van der Waals surface area (Å²) < 4.78 is 93.4. The molecule has 1 heterocycles. The average Bonchev–Trinajstić information content (AvgIpc) is 3.11. The molecule has 2 aromatic carbocycles. The molecule has 1 aromatic heterocycles. The first-order valence-corrected chi connectivity index (χ1v) is 10.2. The molecular formula is C21H13BrF7N3O3. The lowest BCUT2D eigenvalue weighted by atomic mass is 9.92. The number of nitrogens with zero attached hydrogens (tertiary/aromatic N) is 2. The zero-order chi connectivity index (χ0) is 26.3. The number of nitrogens with one attached hydrogen (secondary N) is 1. The predicted octanol–water partition coefficient (Wildman–Crippen LogP) is 6.18. The Morgan fingerprint density at radius 2 is 1.54 bits per heavy atom. The molecule has 2 N–H and O–H groups in total. The lowest BCUT2D eigenvalue weighted by Crippen LogP contribution is -2.50. The number of carbonyl (C=O) groups is 2. The van der Waals surface area contributed by atoms with Crippen molar-refractivity contribution < 1.29 is 45.4 Å². The molecule has 0 saturated carbocycles. The Kier molecular flexibility index (Phi) is 6.72. The Morgan fingerprint density at radius 1 is 0.971 bits per heavy atom. The standard InChI is InChI=1S/C21H13BrF7N3O3/c1-10-9-11(19(23,20(24,25)26)21(27,28)29)7-8-13(10)30-17(33)15-14(18(34)35)16(22)32(31-15)12-5-3-2-4-6-12/h2-9H,1H3,(H,30,33)(H,34,35). The first-order valence-electron chi connectivity index (χ1n) is 9.41. The molecule has 3 rings (SSSR count). The minimum Gasteiger partial charge on any atom is -0.478 e. The molecule has 1 amide bonds. The molecule has 186 valence electrons. The van der Waals surface area contributed by atoms with Gasteiger partial charge in [0, 0.05) is 11.3 Å². The van der Waals surface area contributed by atoms with E-state index in [2.05, 4.69) is 26.3 Å². The summed E-state index contributed by atoms with van der Waals surface area (Å²) in [6.45, 7) is 1.04. The van der Waals surface area contributed by atoms with Gasteiger partial charge < -0.3 is 10.4 Å². The van der Waals surface area contributed by atoms with Crippen molar-refractivity contribution in [3.63, 3.8) is 0 Å². The monoisotopic (exact) mass is 567 g/mol. The summed E-state index contributed by atoms with van der Waals surface area (Å²) in [4.78, 5) is 24.5. The highest BCUT2D eigenvalue weighted by Crippen LogP contribution is 2.53. The van der Waals surface area contributed by atoms with E-state index in [1.807, 2.05) is 0 Å². The van der Waals surface area contributed by atoms with Gasteiger partial charge in [-0.3, -0.25) is 4.79 Å². The molecule has 0 atom stereocenters. The third-order valence-electron chi connectivity index (χ3n) is 4.91. The van der Waals surface area contributed by atoms with Crippen LogP contribution in [0.5, 0.6) is 0 Å². The van der Waals surface area contributed by atoms with Crippen LogP contribution in [-0.2, 0) is 5.67 Å². The molecule has 0 aliphatic rings. The quantitative estimate of drug-likeness (QED) is 0.360. The highest BCUT2D eigenvalue weighted by molar-refractivity contribution is 9.10. The number of para-hydroxylation sites is 1. The topological polar surface area (TPSA) is 84.2 Å². The number of hydrogen-bond acceptors (Lipinski definition) is 3. The van der Waals surface area contributed by atoms with Crippen molar-refractivity contribution in [1.82, 2.24) is 9.78 Å². The van der Waals surface area contributed by atoms with Crippen molar-refractivity contribution in [2.75, 3.05) is 5.32 Å². The summed E-state index contributed by atoms with van der Waals surface area (Å²) in [7, 11) is 0. The molecule has 6 nitrogen and oxygen atoms in total. The van der Waals surface area contributed by atoms with Gasteiger partial charge in [0.15, 0.2) is 5.69 Å². The Hall–Kier alpha value is -3.42. The lowest BCUT2D eigenvalue weighted by Gasteiger charge is -2.30. The summed E-state index contributed by atoms with van der Waals surface area (Å²) in [5, 5.41) is 15.7. The van der Waals surface area contributed by atoms with Crippen molar-refractivity contribution in [1.29, 1.82) is 0 Å². The first-order chi connectivity index (χ1) is 16.1. The minimum absolute atomic E-state index is 0.0917. The molecule has 0 unspecified atom stereocenters. The number of hydrogen-bond donors (Lipinski definition) is 2. The largest absolute Gasteiger partial charge is 0.478 e. The van der Waals surface area contributed by atoms with Crippen LogP contribution in [0.1, 0.15) is 32.0 Å². The molecule has 0 spiro atoms. The molecular weight excluding hydrogens is 555 g/mol. The fraction of sp³-hybridized carbons (Fsp3) is 0.190. The van der Waals surface area contributed by atoms with Crippen LogP contribution in [-0.4, -0.2) is 39.1 Å². The van der Waals surface area contributed by atoms with E-state index >= 15 is 0 Å². The van der Waals surface area contributed by atoms with Gasteiger partial charge in [-0.25, -0.2) is 13.9 Å². The summed E-state index contributed by atoms with van der Waals surface area (Å²) in [5.74, 6) is -2.65. The maximum atomic E-state index is 14.3. The second kappa shape index (κ2) is 8.98. The number of anilines is 1. The van der Waals surface area contributed by atoms with E-state index < -0.39 is 46.7 Å². The van der Waals surface area contributed by atoms with Crippen molar-refractivity contribution in [2.24, 2.45) is 0 Å². The molecule has 0 saturated heterocycles. The SMILES string of the molecule is Cc1cc(C(F)(C(F)(F)F)C(F)(F)F)ccc1NC(=O)c1nn(-c2ccccc2)c(Br)c1C(=O)O. The third kappa shape index (κ3) is 4.61. The van der Waals surface area contributed by atoms with Gasteiger partial charge in [-0.05, 0) is 46.6 Å². The molecule has 35 heavy (non-hydrogen) atoms. The zero-order valence-corrected chi connectivity index (χ0v) is 18.9. The van der Waals surface area contributed by atoms with E-state index in [4.69, 9.17) is 0 Å². The number of carboxylic acids is 1. The number of aromatic carboxylic acids is 1. The first kappa shape index (κ1) is 26.2. The fourth-order valence-corrected chi connectivity index (χ4v) is 3.82. The van der Waals surface area contributed by atoms with E-state index in [1.165, 1.54) is 0 Å². The average molecular weight is 568 g/mol. The number of halogens is 8. The fourth-order valence-electron chi connectivity index (χ4n) is 3.17. The van der Waals surface area contributed by atoms with E-state index in [1.54, 1.807) is 30.3 Å². The summed E-state index contributed by atoms with van der Waals surface area (Å²) in [6, 6.07) is 9.26. The second-order valence-corrected chi connectivity index (χ2v) is 7.96. The summed E-state index contributed by atoms with van der Waals surface area (Å²) in [6.07, 6.45) is -12.6. The molecule has 14 heteroatoms. The minimum atomic E-state index is -6.30. The molecule has 0 radical (unpaired) electrons. The normalized spacial score (nSPS) is 12.5. The molecule has 0 aliphatic heterocycles. The number of carbonyl (C=O) groups excluding carboxylic acids is 1. The second-order valence-electron chi connectivity index (χ2n) is 7.20. The van der Waals surface area contributed by atoms with Gasteiger partial charge in [-0.15, -0.1) is 0 Å². The maximum Gasteiger partial charge on any atom is 0.435 e. The number of alkyl halides is 7. The number of rotatable bonds is 5. The van der Waals surface area contributed by atoms with Crippen LogP contribution >= 0.6 is 15.9 Å². The Balaban J connectivity index is 2.01. The van der Waals surface area contributed by atoms with Crippen LogP contribution < -0.4 is 5.32 Å². The predicted molar refractivity (Wildman–Crippen MR) is 112 cm³/mol. The molecule has 0 aliphatic carbocycles. The number of aromatic nitrogens is 2. The van der Waals surface area contributed by atoms with Gasteiger partial charge in [0.05, 0.1) is 5.69 Å². The smallest absolute Gasteiger partial charge is 0.435 e. The molecule has 3 aromatic rings. The number of aryl methyl sites for hydroxylation is 1. The molecule has 0 bridgehead atoms. The van der Waals surface area contributed by atoms with Crippen molar-refractivity contribution in [3.8, 4) is 5.69 Å². The van der Waals surface area contributed by atoms with Crippen LogP contribution in [0.25, 0.3) is 5.69 Å². The van der Waals surface area contributed by atoms with Gasteiger partial charge in [0.1, 0.15) is 10.2 Å². The van der Waals surface area contributed by atoms with Crippen molar-refractivity contribution in [3.05, 3.63) is 75.5 Å². The summed E-state index contributed by atoms with van der Waals surface area (Å²) >= 11 is 3.06. The van der Waals surface area contributed by atoms with E-state index in [-0.39, 0.29) is 21.9 Å². The Labute approximate surface area is 200 Å². The number of amides is 1. The van der Waals surface area contributed by atoms with Gasteiger partial charge in [-0.1, -0.05) is 30.3 Å². The Morgan fingerprint density at radius 3 is 2.03 bits per heavy atom. The van der Waals surface area contributed by atoms with Crippen LogP contribution in [0.2, 0.25) is 0 Å². The van der Waals surface area contributed by atoms with Gasteiger partial charge in [0.2, 0.25) is 0 Å². The van der Waals surface area contributed by atoms with Crippen molar-refractivity contribution >= 4 is 33.5 Å². The third-order valence-corrected chi connectivity index (χ3v) is 5.64. The van der Waals surface area contributed by atoms with Gasteiger partial charge in [-0.2, -0.15) is 31.4 Å².